The number of fused-ring (bicyclic) bond motifs is 2. The van der Waals surface area contributed by atoms with Crippen LogP contribution in [0.3, 0.4) is 0 Å². The second kappa shape index (κ2) is 8.26. The highest BCUT2D eigenvalue weighted by atomic mass is 16.5. The highest BCUT2D eigenvalue weighted by molar-refractivity contribution is 6.01. The number of methoxy groups -OCH3 is 1. The molecule has 0 aliphatic carbocycles. The number of aryl methyl sites for hydroxylation is 3. The Morgan fingerprint density at radius 1 is 1.03 bits per heavy atom. The third-order valence-electron chi connectivity index (χ3n) is 5.71. The molecule has 3 N–H and O–H groups in total. The number of ether oxygens (including phenoxy) is 1. The molecule has 2 heterocycles. The lowest BCUT2D eigenvalue weighted by atomic mass is 9.96. The molecule has 2 aromatic heterocycles. The molecule has 0 bridgehead atoms. The molecule has 29 heavy (non-hydrogen) atoms. The van der Waals surface area contributed by atoms with Gasteiger partial charge in [0, 0.05) is 27.5 Å². The average Bonchev–Trinajstić information content (AvgIpc) is 3.10. The summed E-state index contributed by atoms with van der Waals surface area (Å²) in [7, 11) is 1.70. The predicted molar refractivity (Wildman–Crippen MR) is 122 cm³/mol. The lowest BCUT2D eigenvalue weighted by molar-refractivity contribution is 0.419. The van der Waals surface area contributed by atoms with Crippen LogP contribution in [-0.2, 0) is 12.8 Å². The fourth-order valence-corrected chi connectivity index (χ4v) is 4.12. The Hall–Kier alpha value is -2.85. The Bertz CT molecular complexity index is 1160. The first-order chi connectivity index (χ1) is 14.2. The molecule has 0 unspecified atom stereocenters. The fraction of sp³-hybridized carbons (Fsp3) is 0.320. The SMILES string of the molecule is CCc1ccc2[nH]c(-c3ccc(OC)c4nc(C)ccc34)c(CCCCN)c2c1. The van der Waals surface area contributed by atoms with Gasteiger partial charge in [-0.15, -0.1) is 0 Å². The first kappa shape index (κ1) is 19.5. The van der Waals surface area contributed by atoms with E-state index >= 15 is 0 Å². The Balaban J connectivity index is 1.96. The van der Waals surface area contributed by atoms with Crippen LogP contribution in [0.15, 0.2) is 42.5 Å². The highest BCUT2D eigenvalue weighted by Gasteiger charge is 2.17. The van der Waals surface area contributed by atoms with E-state index in [2.05, 4.69) is 48.3 Å². The zero-order valence-corrected chi connectivity index (χ0v) is 17.5. The molecule has 4 aromatic rings. The van der Waals surface area contributed by atoms with Crippen molar-refractivity contribution < 1.29 is 4.74 Å². The Labute approximate surface area is 172 Å². The van der Waals surface area contributed by atoms with E-state index in [4.69, 9.17) is 15.5 Å². The van der Waals surface area contributed by atoms with Crippen molar-refractivity contribution in [3.63, 3.8) is 0 Å². The number of unbranched alkanes of at least 4 members (excludes halogenated alkanes) is 1. The van der Waals surface area contributed by atoms with Gasteiger partial charge in [0.25, 0.3) is 0 Å². The minimum absolute atomic E-state index is 0.729. The van der Waals surface area contributed by atoms with E-state index in [1.54, 1.807) is 7.11 Å². The van der Waals surface area contributed by atoms with Crippen LogP contribution in [0.25, 0.3) is 33.1 Å². The van der Waals surface area contributed by atoms with E-state index in [9.17, 15) is 0 Å². The van der Waals surface area contributed by atoms with Crippen LogP contribution >= 0.6 is 0 Å². The number of hydrogen-bond acceptors (Lipinski definition) is 3. The number of nitrogens with one attached hydrogen (secondary N) is 1. The first-order valence-electron chi connectivity index (χ1n) is 10.4. The van der Waals surface area contributed by atoms with Crippen LogP contribution in [0.2, 0.25) is 0 Å². The van der Waals surface area contributed by atoms with Crippen molar-refractivity contribution in [2.45, 2.75) is 39.5 Å². The molecule has 4 rings (SSSR count). The summed E-state index contributed by atoms with van der Waals surface area (Å²) in [5.41, 5.74) is 13.9. The smallest absolute Gasteiger partial charge is 0.145 e. The van der Waals surface area contributed by atoms with Gasteiger partial charge < -0.3 is 15.5 Å². The van der Waals surface area contributed by atoms with Gasteiger partial charge in [-0.05, 0) is 80.6 Å². The number of nitrogens with zero attached hydrogens (tertiary/aromatic N) is 1. The quantitative estimate of drug-likeness (QED) is 0.409. The number of H-pyrrole nitrogens is 1. The number of pyridine rings is 1. The second-order valence-corrected chi connectivity index (χ2v) is 7.62. The van der Waals surface area contributed by atoms with E-state index in [0.717, 1.165) is 54.6 Å². The van der Waals surface area contributed by atoms with Crippen LogP contribution in [0.5, 0.6) is 5.75 Å². The van der Waals surface area contributed by atoms with Crippen molar-refractivity contribution in [2.75, 3.05) is 13.7 Å². The van der Waals surface area contributed by atoms with Crippen LogP contribution in [0.4, 0.5) is 0 Å². The number of aromatic amines is 1. The minimum Gasteiger partial charge on any atom is -0.494 e. The third kappa shape index (κ3) is 3.60. The molecule has 0 radical (unpaired) electrons. The number of rotatable bonds is 7. The van der Waals surface area contributed by atoms with Crippen molar-refractivity contribution in [3.05, 3.63) is 59.3 Å². The summed E-state index contributed by atoms with van der Waals surface area (Å²) in [4.78, 5) is 8.47. The van der Waals surface area contributed by atoms with Gasteiger partial charge in [0.2, 0.25) is 0 Å². The summed E-state index contributed by atoms with van der Waals surface area (Å²) >= 11 is 0. The lowest BCUT2D eigenvalue weighted by Crippen LogP contribution is -1.99. The Morgan fingerprint density at radius 3 is 2.66 bits per heavy atom. The van der Waals surface area contributed by atoms with Crippen LogP contribution in [0.1, 0.15) is 36.6 Å². The summed E-state index contributed by atoms with van der Waals surface area (Å²) in [5, 5.41) is 2.43. The normalized spacial score (nSPS) is 11.4. The molecule has 0 atom stereocenters. The van der Waals surface area contributed by atoms with Gasteiger partial charge in [-0.2, -0.15) is 0 Å². The van der Waals surface area contributed by atoms with Crippen LogP contribution in [-0.4, -0.2) is 23.6 Å². The molecule has 0 spiro atoms. The standard InChI is InChI=1S/C25H29N3O/c1-4-17-9-12-22-21(15-17)18(7-5-6-14-26)24(28-22)19-11-13-23(29-3)25-20(19)10-8-16(2)27-25/h8-13,15,28H,4-7,14,26H2,1-3H3. The third-order valence-corrected chi connectivity index (χ3v) is 5.71. The van der Waals surface area contributed by atoms with Crippen molar-refractivity contribution in [2.24, 2.45) is 5.73 Å². The van der Waals surface area contributed by atoms with Crippen molar-refractivity contribution in [1.82, 2.24) is 9.97 Å². The maximum Gasteiger partial charge on any atom is 0.145 e. The first-order valence-corrected chi connectivity index (χ1v) is 10.4. The zero-order valence-electron chi connectivity index (χ0n) is 17.5. The van der Waals surface area contributed by atoms with E-state index in [-0.39, 0.29) is 0 Å². The molecular formula is C25H29N3O. The van der Waals surface area contributed by atoms with Gasteiger partial charge in [-0.25, -0.2) is 4.98 Å². The van der Waals surface area contributed by atoms with Crippen molar-refractivity contribution >= 4 is 21.8 Å². The predicted octanol–water partition coefficient (Wildman–Crippen LogP) is 5.54. The molecule has 2 aromatic carbocycles. The summed E-state index contributed by atoms with van der Waals surface area (Å²) in [6.07, 6.45) is 4.15. The van der Waals surface area contributed by atoms with Gasteiger partial charge in [0.1, 0.15) is 11.3 Å². The van der Waals surface area contributed by atoms with Crippen LogP contribution < -0.4 is 10.5 Å². The lowest BCUT2D eigenvalue weighted by Gasteiger charge is -2.12. The monoisotopic (exact) mass is 387 g/mol. The number of hydrogen-bond donors (Lipinski definition) is 2. The van der Waals surface area contributed by atoms with Crippen molar-refractivity contribution in [1.29, 1.82) is 0 Å². The molecule has 4 nitrogen and oxygen atoms in total. The summed E-state index contributed by atoms with van der Waals surface area (Å²) in [6, 6.07) is 15.1. The van der Waals surface area contributed by atoms with E-state index in [1.165, 1.54) is 33.3 Å². The molecule has 0 fully saturated rings. The molecular weight excluding hydrogens is 358 g/mol. The Morgan fingerprint density at radius 2 is 1.90 bits per heavy atom. The topological polar surface area (TPSA) is 63.9 Å². The molecule has 4 heteroatoms. The highest BCUT2D eigenvalue weighted by Crippen LogP contribution is 2.38. The molecule has 0 saturated carbocycles. The van der Waals surface area contributed by atoms with Gasteiger partial charge in [-0.3, -0.25) is 0 Å². The average molecular weight is 388 g/mol. The minimum atomic E-state index is 0.729. The maximum absolute atomic E-state index is 5.77. The van der Waals surface area contributed by atoms with Crippen molar-refractivity contribution in [3.8, 4) is 17.0 Å². The van der Waals surface area contributed by atoms with E-state index < -0.39 is 0 Å². The largest absolute Gasteiger partial charge is 0.494 e. The fourth-order valence-electron chi connectivity index (χ4n) is 4.12. The summed E-state index contributed by atoms with van der Waals surface area (Å²) in [5.74, 6) is 0.807. The number of nitrogens with two attached hydrogens (primary N) is 1. The maximum atomic E-state index is 5.77. The van der Waals surface area contributed by atoms with E-state index in [1.807, 2.05) is 13.0 Å². The van der Waals surface area contributed by atoms with Gasteiger partial charge in [-0.1, -0.05) is 19.1 Å². The van der Waals surface area contributed by atoms with Gasteiger partial charge in [0.05, 0.1) is 12.8 Å². The molecule has 0 amide bonds. The summed E-state index contributed by atoms with van der Waals surface area (Å²) < 4.78 is 5.59. The van der Waals surface area contributed by atoms with Crippen LogP contribution in [0, 0.1) is 6.92 Å². The Kier molecular flexibility index (Phi) is 5.54. The zero-order chi connectivity index (χ0) is 20.4. The molecule has 0 aliphatic heterocycles. The molecule has 0 saturated heterocycles. The van der Waals surface area contributed by atoms with E-state index in [0.29, 0.717) is 0 Å². The number of aromatic nitrogens is 2. The summed E-state index contributed by atoms with van der Waals surface area (Å²) in [6.45, 7) is 4.94. The molecule has 150 valence electrons. The second-order valence-electron chi connectivity index (χ2n) is 7.62. The van der Waals surface area contributed by atoms with Gasteiger partial charge >= 0.3 is 0 Å². The number of benzene rings is 2. The molecule has 0 aliphatic rings. The van der Waals surface area contributed by atoms with Gasteiger partial charge in [0.15, 0.2) is 0 Å².